The zero-order valence-electron chi connectivity index (χ0n) is 21.5. The SMILES string of the molecule is Cc1cccc(CSCC(=O)N(Cc2ccc(Br)cc2)[C@H](Cc2ccccc2)C(=O)NC(C)(C)C)c1. The Morgan fingerprint density at radius 3 is 2.22 bits per heavy atom. The predicted molar refractivity (Wildman–Crippen MR) is 154 cm³/mol. The van der Waals surface area contributed by atoms with E-state index >= 15 is 0 Å². The Labute approximate surface area is 228 Å². The monoisotopic (exact) mass is 566 g/mol. The number of nitrogens with one attached hydrogen (secondary N) is 1. The summed E-state index contributed by atoms with van der Waals surface area (Å²) in [4.78, 5) is 29.0. The molecule has 0 aliphatic carbocycles. The highest BCUT2D eigenvalue weighted by Gasteiger charge is 2.32. The number of thioether (sulfide) groups is 1. The molecule has 1 atom stereocenters. The molecule has 36 heavy (non-hydrogen) atoms. The second-order valence-corrected chi connectivity index (χ2v) is 12.0. The maximum absolute atomic E-state index is 13.7. The van der Waals surface area contributed by atoms with Gasteiger partial charge in [-0.25, -0.2) is 0 Å². The Balaban J connectivity index is 1.86. The fourth-order valence-corrected chi connectivity index (χ4v) is 5.06. The molecule has 3 rings (SSSR count). The molecule has 0 saturated carbocycles. The predicted octanol–water partition coefficient (Wildman–Crippen LogP) is 6.55. The van der Waals surface area contributed by atoms with Gasteiger partial charge in [0, 0.05) is 28.7 Å². The van der Waals surface area contributed by atoms with Crippen LogP contribution < -0.4 is 5.32 Å². The number of carbonyl (C=O) groups excluding carboxylic acids is 2. The molecule has 1 N–H and O–H groups in total. The van der Waals surface area contributed by atoms with E-state index in [0.29, 0.717) is 18.7 Å². The van der Waals surface area contributed by atoms with E-state index in [1.165, 1.54) is 11.1 Å². The van der Waals surface area contributed by atoms with Crippen molar-refractivity contribution in [2.45, 2.75) is 58.0 Å². The normalized spacial score (nSPS) is 12.1. The van der Waals surface area contributed by atoms with E-state index in [9.17, 15) is 9.59 Å². The summed E-state index contributed by atoms with van der Waals surface area (Å²) in [6, 6.07) is 25.5. The van der Waals surface area contributed by atoms with E-state index in [4.69, 9.17) is 0 Å². The molecule has 3 aromatic carbocycles. The highest BCUT2D eigenvalue weighted by atomic mass is 79.9. The third-order valence-electron chi connectivity index (χ3n) is 5.61. The summed E-state index contributed by atoms with van der Waals surface area (Å²) in [7, 11) is 0. The second kappa shape index (κ2) is 13.1. The van der Waals surface area contributed by atoms with Crippen molar-refractivity contribution in [2.75, 3.05) is 5.75 Å². The number of rotatable bonds is 10. The summed E-state index contributed by atoms with van der Waals surface area (Å²) in [6.45, 7) is 8.32. The van der Waals surface area contributed by atoms with Crippen LogP contribution >= 0.6 is 27.7 Å². The smallest absolute Gasteiger partial charge is 0.243 e. The van der Waals surface area contributed by atoms with Crippen LogP contribution in [0.2, 0.25) is 0 Å². The summed E-state index contributed by atoms with van der Waals surface area (Å²) in [6.07, 6.45) is 0.452. The first kappa shape index (κ1) is 28.0. The maximum Gasteiger partial charge on any atom is 0.243 e. The standard InChI is InChI=1S/C30H35BrN2O2S/c1-22-9-8-12-25(17-22)20-36-21-28(34)33(19-24-13-15-26(31)16-14-24)27(29(35)32-30(2,3)4)18-23-10-6-5-7-11-23/h5-17,27H,18-21H2,1-4H3,(H,32,35)/t27-/m1/s1. The van der Waals surface area contributed by atoms with Crippen LogP contribution in [0.5, 0.6) is 0 Å². The molecular weight excluding hydrogens is 532 g/mol. The van der Waals surface area contributed by atoms with Gasteiger partial charge in [0.1, 0.15) is 6.04 Å². The van der Waals surface area contributed by atoms with E-state index in [2.05, 4.69) is 46.4 Å². The third-order valence-corrected chi connectivity index (χ3v) is 7.13. The van der Waals surface area contributed by atoms with Crippen LogP contribution in [-0.2, 0) is 28.3 Å². The number of halogens is 1. The highest BCUT2D eigenvalue weighted by molar-refractivity contribution is 9.10. The number of hydrogen-bond acceptors (Lipinski definition) is 3. The van der Waals surface area contributed by atoms with Crippen molar-refractivity contribution < 1.29 is 9.59 Å². The number of amides is 2. The van der Waals surface area contributed by atoms with Gasteiger partial charge >= 0.3 is 0 Å². The molecule has 0 aromatic heterocycles. The quantitative estimate of drug-likeness (QED) is 0.303. The van der Waals surface area contributed by atoms with Gasteiger partial charge in [0.2, 0.25) is 11.8 Å². The van der Waals surface area contributed by atoms with Crippen LogP contribution in [0, 0.1) is 6.92 Å². The van der Waals surface area contributed by atoms with Gasteiger partial charge in [0.25, 0.3) is 0 Å². The Bertz CT molecular complexity index is 1140. The van der Waals surface area contributed by atoms with Crippen molar-refractivity contribution >= 4 is 39.5 Å². The maximum atomic E-state index is 13.7. The molecule has 0 bridgehead atoms. The summed E-state index contributed by atoms with van der Waals surface area (Å²) in [5, 5.41) is 3.11. The fraction of sp³-hybridized carbons (Fsp3) is 0.333. The van der Waals surface area contributed by atoms with Crippen LogP contribution in [0.25, 0.3) is 0 Å². The molecule has 0 fully saturated rings. The molecule has 0 aliphatic heterocycles. The molecule has 0 heterocycles. The summed E-state index contributed by atoms with van der Waals surface area (Å²) < 4.78 is 0.976. The summed E-state index contributed by atoms with van der Waals surface area (Å²) >= 11 is 5.07. The van der Waals surface area contributed by atoms with Crippen molar-refractivity contribution in [3.8, 4) is 0 Å². The lowest BCUT2D eigenvalue weighted by atomic mass is 10.0. The van der Waals surface area contributed by atoms with Gasteiger partial charge in [0.15, 0.2) is 0 Å². The first-order chi connectivity index (χ1) is 17.1. The molecule has 6 heteroatoms. The van der Waals surface area contributed by atoms with E-state index in [0.717, 1.165) is 21.4 Å². The number of carbonyl (C=O) groups is 2. The number of nitrogens with zero attached hydrogens (tertiary/aromatic N) is 1. The second-order valence-electron chi connectivity index (χ2n) is 10.1. The van der Waals surface area contributed by atoms with Crippen LogP contribution in [0.1, 0.15) is 43.0 Å². The molecule has 0 unspecified atom stereocenters. The fourth-order valence-electron chi connectivity index (χ4n) is 3.93. The molecule has 0 radical (unpaired) electrons. The van der Waals surface area contributed by atoms with Gasteiger partial charge in [-0.3, -0.25) is 9.59 Å². The van der Waals surface area contributed by atoms with Crippen LogP contribution in [0.4, 0.5) is 0 Å². The Morgan fingerprint density at radius 2 is 1.58 bits per heavy atom. The van der Waals surface area contributed by atoms with Gasteiger partial charge in [0.05, 0.1) is 5.75 Å². The Kier molecular flexibility index (Phi) is 10.2. The molecule has 190 valence electrons. The zero-order valence-corrected chi connectivity index (χ0v) is 23.9. The number of aryl methyl sites for hydroxylation is 1. The van der Waals surface area contributed by atoms with Gasteiger partial charge in [-0.1, -0.05) is 88.2 Å². The lowest BCUT2D eigenvalue weighted by molar-refractivity contribution is -0.140. The van der Waals surface area contributed by atoms with Crippen molar-refractivity contribution in [1.29, 1.82) is 0 Å². The van der Waals surface area contributed by atoms with Crippen molar-refractivity contribution in [2.24, 2.45) is 0 Å². The van der Waals surface area contributed by atoms with Crippen LogP contribution in [0.3, 0.4) is 0 Å². The molecule has 0 aliphatic rings. The lowest BCUT2D eigenvalue weighted by Gasteiger charge is -2.34. The van der Waals surface area contributed by atoms with Gasteiger partial charge < -0.3 is 10.2 Å². The van der Waals surface area contributed by atoms with Crippen molar-refractivity contribution in [1.82, 2.24) is 10.2 Å². The molecule has 3 aromatic rings. The zero-order chi connectivity index (χ0) is 26.1. The molecule has 0 saturated heterocycles. The summed E-state index contributed by atoms with van der Waals surface area (Å²) in [5.41, 5.74) is 4.00. The van der Waals surface area contributed by atoms with E-state index in [1.54, 1.807) is 16.7 Å². The van der Waals surface area contributed by atoms with Gasteiger partial charge in [-0.2, -0.15) is 0 Å². The molecule has 2 amide bonds. The highest BCUT2D eigenvalue weighted by Crippen LogP contribution is 2.20. The van der Waals surface area contributed by atoms with E-state index in [1.807, 2.05) is 81.4 Å². The average molecular weight is 568 g/mol. The Morgan fingerprint density at radius 1 is 0.917 bits per heavy atom. The average Bonchev–Trinajstić information content (AvgIpc) is 2.82. The minimum Gasteiger partial charge on any atom is -0.350 e. The lowest BCUT2D eigenvalue weighted by Crippen LogP contribution is -2.54. The number of hydrogen-bond donors (Lipinski definition) is 1. The first-order valence-electron chi connectivity index (χ1n) is 12.1. The summed E-state index contributed by atoms with van der Waals surface area (Å²) in [5.74, 6) is 0.872. The first-order valence-corrected chi connectivity index (χ1v) is 14.1. The van der Waals surface area contributed by atoms with Crippen LogP contribution in [-0.4, -0.2) is 34.0 Å². The minimum absolute atomic E-state index is 0.0411. The number of benzene rings is 3. The van der Waals surface area contributed by atoms with Crippen molar-refractivity contribution in [3.63, 3.8) is 0 Å². The topological polar surface area (TPSA) is 49.4 Å². The third kappa shape index (κ3) is 9.14. The Hall–Kier alpha value is -2.57. The van der Waals surface area contributed by atoms with Crippen molar-refractivity contribution in [3.05, 3.63) is 106 Å². The minimum atomic E-state index is -0.623. The largest absolute Gasteiger partial charge is 0.350 e. The molecular formula is C30H35BrN2O2S. The van der Waals surface area contributed by atoms with E-state index < -0.39 is 11.6 Å². The molecule has 4 nitrogen and oxygen atoms in total. The van der Waals surface area contributed by atoms with Crippen LogP contribution in [0.15, 0.2) is 83.3 Å². The van der Waals surface area contributed by atoms with Gasteiger partial charge in [-0.15, -0.1) is 11.8 Å². The molecule has 0 spiro atoms. The van der Waals surface area contributed by atoms with Gasteiger partial charge in [-0.05, 0) is 56.5 Å². The van der Waals surface area contributed by atoms with E-state index in [-0.39, 0.29) is 11.8 Å².